The van der Waals surface area contributed by atoms with Gasteiger partial charge in [-0.15, -0.1) is 0 Å². The van der Waals surface area contributed by atoms with Crippen molar-refractivity contribution in [1.82, 2.24) is 9.55 Å². The van der Waals surface area contributed by atoms with Gasteiger partial charge in [-0.3, -0.25) is 0 Å². The van der Waals surface area contributed by atoms with Crippen molar-refractivity contribution in [2.24, 2.45) is 0 Å². The number of imidazole rings is 1. The molecule has 3 aromatic rings. The molecule has 0 aliphatic carbocycles. The van der Waals surface area contributed by atoms with Crippen molar-refractivity contribution in [1.29, 1.82) is 5.26 Å². The Balaban J connectivity index is 2.16. The minimum atomic E-state index is 0.488. The van der Waals surface area contributed by atoms with Gasteiger partial charge >= 0.3 is 0 Å². The quantitative estimate of drug-likeness (QED) is 0.560. The predicted octanol–water partition coefficient (Wildman–Crippen LogP) is 4.90. The number of ether oxygens (including phenoxy) is 2. The van der Waals surface area contributed by atoms with E-state index in [0.29, 0.717) is 22.9 Å². The zero-order valence-electron chi connectivity index (χ0n) is 14.8. The van der Waals surface area contributed by atoms with Crippen molar-refractivity contribution < 1.29 is 9.47 Å². The van der Waals surface area contributed by atoms with Crippen LogP contribution < -0.4 is 9.47 Å². The highest BCUT2D eigenvalue weighted by molar-refractivity contribution is 9.10. The maximum Gasteiger partial charge on any atom is 0.174 e. The van der Waals surface area contributed by atoms with Crippen LogP contribution in [0.5, 0.6) is 11.5 Å². The van der Waals surface area contributed by atoms with Gasteiger partial charge in [0, 0.05) is 6.54 Å². The van der Waals surface area contributed by atoms with Crippen LogP contribution in [-0.4, -0.2) is 23.8 Å². The van der Waals surface area contributed by atoms with Crippen LogP contribution in [0.2, 0.25) is 0 Å². The van der Waals surface area contributed by atoms with Gasteiger partial charge in [-0.25, -0.2) is 4.98 Å². The third-order valence-electron chi connectivity index (χ3n) is 4.10. The number of aromatic nitrogens is 2. The fourth-order valence-electron chi connectivity index (χ4n) is 2.94. The monoisotopic (exact) mass is 411 g/mol. The number of allylic oxidation sites excluding steroid dienone is 1. The fraction of sp³-hybridized carbons (Fsp3) is 0.200. The Kier molecular flexibility index (Phi) is 5.29. The Morgan fingerprint density at radius 1 is 1.27 bits per heavy atom. The number of para-hydroxylation sites is 2. The Labute approximate surface area is 160 Å². The van der Waals surface area contributed by atoms with E-state index in [-0.39, 0.29) is 0 Å². The molecule has 0 radical (unpaired) electrons. The van der Waals surface area contributed by atoms with E-state index in [1.54, 1.807) is 20.3 Å². The minimum Gasteiger partial charge on any atom is -0.493 e. The fourth-order valence-corrected chi connectivity index (χ4v) is 3.56. The molecule has 0 amide bonds. The molecule has 26 heavy (non-hydrogen) atoms. The number of hydrogen-bond acceptors (Lipinski definition) is 4. The van der Waals surface area contributed by atoms with E-state index in [2.05, 4.69) is 27.0 Å². The lowest BCUT2D eigenvalue weighted by molar-refractivity contribution is 0.353. The molecule has 5 nitrogen and oxygen atoms in total. The summed E-state index contributed by atoms with van der Waals surface area (Å²) in [6.07, 6.45) is 1.81. The maximum atomic E-state index is 9.74. The summed E-state index contributed by atoms with van der Waals surface area (Å²) >= 11 is 3.49. The van der Waals surface area contributed by atoms with Crippen molar-refractivity contribution >= 4 is 38.6 Å². The summed E-state index contributed by atoms with van der Waals surface area (Å²) in [6.45, 7) is 2.77. The average molecular weight is 412 g/mol. The summed E-state index contributed by atoms with van der Waals surface area (Å²) in [4.78, 5) is 4.65. The first kappa shape index (κ1) is 18.0. The van der Waals surface area contributed by atoms with E-state index in [4.69, 9.17) is 9.47 Å². The van der Waals surface area contributed by atoms with Crippen molar-refractivity contribution in [3.8, 4) is 17.6 Å². The molecule has 3 rings (SSSR count). The van der Waals surface area contributed by atoms with Gasteiger partial charge in [0.2, 0.25) is 0 Å². The summed E-state index contributed by atoms with van der Waals surface area (Å²) in [5.74, 6) is 1.86. The second kappa shape index (κ2) is 7.63. The number of aryl methyl sites for hydroxylation is 1. The van der Waals surface area contributed by atoms with Crippen molar-refractivity contribution in [3.63, 3.8) is 0 Å². The van der Waals surface area contributed by atoms with E-state index in [1.165, 1.54) is 0 Å². The first-order chi connectivity index (χ1) is 12.6. The van der Waals surface area contributed by atoms with Crippen LogP contribution in [0, 0.1) is 11.3 Å². The third kappa shape index (κ3) is 3.18. The molecule has 0 spiro atoms. The largest absolute Gasteiger partial charge is 0.493 e. The number of rotatable bonds is 5. The molecule has 0 N–H and O–H groups in total. The summed E-state index contributed by atoms with van der Waals surface area (Å²) in [5, 5.41) is 9.74. The Morgan fingerprint density at radius 3 is 2.69 bits per heavy atom. The highest BCUT2D eigenvalue weighted by atomic mass is 79.9. The predicted molar refractivity (Wildman–Crippen MR) is 106 cm³/mol. The molecule has 0 atom stereocenters. The highest BCUT2D eigenvalue weighted by Crippen LogP contribution is 2.37. The molecule has 0 unspecified atom stereocenters. The molecule has 1 aromatic heterocycles. The van der Waals surface area contributed by atoms with E-state index < -0.39 is 0 Å². The van der Waals surface area contributed by atoms with Crippen LogP contribution in [0.1, 0.15) is 18.3 Å². The van der Waals surface area contributed by atoms with Crippen LogP contribution in [-0.2, 0) is 6.54 Å². The SMILES string of the molecule is CCn1c(/C(C#N)=C\c2cc(Br)c(OC)c(OC)c2)nc2ccccc21. The first-order valence-electron chi connectivity index (χ1n) is 8.11. The molecule has 0 saturated heterocycles. The number of hydrogen-bond donors (Lipinski definition) is 0. The van der Waals surface area contributed by atoms with E-state index in [1.807, 2.05) is 47.9 Å². The van der Waals surface area contributed by atoms with Gasteiger partial charge in [0.25, 0.3) is 0 Å². The summed E-state index contributed by atoms with van der Waals surface area (Å²) in [5.41, 5.74) is 3.20. The molecular weight excluding hydrogens is 394 g/mol. The van der Waals surface area contributed by atoms with Crippen molar-refractivity contribution in [2.45, 2.75) is 13.5 Å². The lowest BCUT2D eigenvalue weighted by atomic mass is 10.1. The molecule has 6 heteroatoms. The van der Waals surface area contributed by atoms with Gasteiger partial charge in [-0.2, -0.15) is 5.26 Å². The van der Waals surface area contributed by atoms with Crippen LogP contribution in [0.4, 0.5) is 0 Å². The Morgan fingerprint density at radius 2 is 2.04 bits per heavy atom. The lowest BCUT2D eigenvalue weighted by Gasteiger charge is -2.11. The Hall–Kier alpha value is -2.78. The van der Waals surface area contributed by atoms with Gasteiger partial charge < -0.3 is 14.0 Å². The normalized spacial score (nSPS) is 11.4. The van der Waals surface area contributed by atoms with E-state index in [0.717, 1.165) is 27.6 Å². The maximum absolute atomic E-state index is 9.74. The minimum absolute atomic E-state index is 0.488. The molecular formula is C20H18BrN3O2. The molecule has 0 bridgehead atoms. The molecule has 0 aliphatic rings. The number of methoxy groups -OCH3 is 2. The summed E-state index contributed by atoms with van der Waals surface area (Å²) < 4.78 is 13.5. The molecule has 0 fully saturated rings. The summed E-state index contributed by atoms with van der Waals surface area (Å²) in [6, 6.07) is 13.9. The van der Waals surface area contributed by atoms with Gasteiger partial charge in [-0.05, 0) is 58.8 Å². The standard InChI is InChI=1S/C20H18BrN3O2/c1-4-24-17-8-6-5-7-16(17)23-20(24)14(12-22)9-13-10-15(21)19(26-3)18(11-13)25-2/h5-11H,4H2,1-3H3/b14-9-. The summed E-state index contributed by atoms with van der Waals surface area (Å²) in [7, 11) is 3.17. The lowest BCUT2D eigenvalue weighted by Crippen LogP contribution is -2.00. The Bertz CT molecular complexity index is 1030. The molecule has 2 aromatic carbocycles. The van der Waals surface area contributed by atoms with E-state index in [9.17, 15) is 5.26 Å². The highest BCUT2D eigenvalue weighted by Gasteiger charge is 2.15. The molecule has 132 valence electrons. The topological polar surface area (TPSA) is 60.1 Å². The zero-order chi connectivity index (χ0) is 18.7. The molecule has 0 aliphatic heterocycles. The van der Waals surface area contributed by atoms with Crippen LogP contribution in [0.25, 0.3) is 22.7 Å². The number of fused-ring (bicyclic) bond motifs is 1. The van der Waals surface area contributed by atoms with Gasteiger partial charge in [0.1, 0.15) is 6.07 Å². The van der Waals surface area contributed by atoms with Gasteiger partial charge in [0.15, 0.2) is 17.3 Å². The van der Waals surface area contributed by atoms with Gasteiger partial charge in [-0.1, -0.05) is 12.1 Å². The average Bonchev–Trinajstić information content (AvgIpc) is 3.03. The van der Waals surface area contributed by atoms with Crippen molar-refractivity contribution in [3.05, 3.63) is 52.3 Å². The van der Waals surface area contributed by atoms with Gasteiger partial charge in [0.05, 0.1) is 35.3 Å². The smallest absolute Gasteiger partial charge is 0.174 e. The third-order valence-corrected chi connectivity index (χ3v) is 4.69. The first-order valence-corrected chi connectivity index (χ1v) is 8.91. The number of halogens is 1. The van der Waals surface area contributed by atoms with Crippen LogP contribution >= 0.6 is 15.9 Å². The molecule has 0 saturated carbocycles. The number of benzene rings is 2. The second-order valence-electron chi connectivity index (χ2n) is 5.58. The van der Waals surface area contributed by atoms with Crippen LogP contribution in [0.3, 0.4) is 0 Å². The molecule has 1 heterocycles. The zero-order valence-corrected chi connectivity index (χ0v) is 16.4. The van der Waals surface area contributed by atoms with Crippen LogP contribution in [0.15, 0.2) is 40.9 Å². The van der Waals surface area contributed by atoms with Crippen molar-refractivity contribution in [2.75, 3.05) is 14.2 Å². The number of nitriles is 1. The number of nitrogens with zero attached hydrogens (tertiary/aromatic N) is 3. The van der Waals surface area contributed by atoms with E-state index >= 15 is 0 Å². The second-order valence-corrected chi connectivity index (χ2v) is 6.43.